The number of hydrogen-bond acceptors (Lipinski definition) is 4. The van der Waals surface area contributed by atoms with E-state index < -0.39 is 21.9 Å². The van der Waals surface area contributed by atoms with Crippen molar-refractivity contribution in [3.05, 3.63) is 40.6 Å². The largest absolute Gasteiger partial charge is 0.396 e. The molecule has 0 fully saturated rings. The van der Waals surface area contributed by atoms with Gasteiger partial charge in [0.1, 0.15) is 11.6 Å². The second kappa shape index (κ2) is 5.51. The molecule has 1 aromatic heterocycles. The molecule has 4 N–H and O–H groups in total. The lowest BCUT2D eigenvalue weighted by molar-refractivity contribution is 0.560. The normalized spacial score (nSPS) is 13.3. The van der Waals surface area contributed by atoms with Crippen molar-refractivity contribution in [1.29, 1.82) is 0 Å². The Morgan fingerprint density at radius 1 is 1.50 bits per heavy atom. The summed E-state index contributed by atoms with van der Waals surface area (Å²) in [5.41, 5.74) is 5.17. The third-order valence-corrected chi connectivity index (χ3v) is 5.10. The third-order valence-electron chi connectivity index (χ3n) is 2.60. The average Bonchev–Trinajstić information content (AvgIpc) is 2.86. The van der Waals surface area contributed by atoms with Crippen LogP contribution in [0.4, 0.5) is 10.1 Å². The highest BCUT2D eigenvalue weighted by Crippen LogP contribution is 2.27. The predicted molar refractivity (Wildman–Crippen MR) is 75.8 cm³/mol. The summed E-state index contributed by atoms with van der Waals surface area (Å²) in [4.78, 5) is 6.65. The van der Waals surface area contributed by atoms with Crippen LogP contribution in [0.25, 0.3) is 0 Å². The lowest BCUT2D eigenvalue weighted by Crippen LogP contribution is -2.28. The Balaban J connectivity index is 2.34. The Bertz CT molecular complexity index is 718. The topological polar surface area (TPSA) is 101 Å². The summed E-state index contributed by atoms with van der Waals surface area (Å²) in [6.07, 6.45) is 3.11. The number of nitrogens with zero attached hydrogens (tertiary/aromatic N) is 1. The van der Waals surface area contributed by atoms with Crippen molar-refractivity contribution in [2.75, 3.05) is 5.73 Å². The van der Waals surface area contributed by atoms with E-state index in [0.717, 1.165) is 12.1 Å². The van der Waals surface area contributed by atoms with Crippen LogP contribution < -0.4 is 10.5 Å². The molecule has 0 saturated carbocycles. The van der Waals surface area contributed by atoms with Crippen LogP contribution in [0.3, 0.4) is 0 Å². The molecule has 0 aliphatic rings. The van der Waals surface area contributed by atoms with Crippen LogP contribution in [0.15, 0.2) is 33.9 Å². The zero-order valence-electron chi connectivity index (χ0n) is 10.4. The summed E-state index contributed by atoms with van der Waals surface area (Å²) in [7, 11) is -3.86. The number of imidazole rings is 1. The lowest BCUT2D eigenvalue weighted by atomic mass is 10.3. The average molecular weight is 363 g/mol. The van der Waals surface area contributed by atoms with E-state index in [0.29, 0.717) is 5.82 Å². The fraction of sp³-hybridized carbons (Fsp3) is 0.182. The van der Waals surface area contributed by atoms with E-state index in [2.05, 4.69) is 30.6 Å². The first-order valence-electron chi connectivity index (χ1n) is 5.57. The molecule has 9 heteroatoms. The summed E-state index contributed by atoms with van der Waals surface area (Å²) in [5.74, 6) is -0.213. The zero-order valence-corrected chi connectivity index (χ0v) is 12.8. The van der Waals surface area contributed by atoms with Crippen molar-refractivity contribution in [3.63, 3.8) is 0 Å². The van der Waals surface area contributed by atoms with Gasteiger partial charge in [-0.1, -0.05) is 0 Å². The highest BCUT2D eigenvalue weighted by molar-refractivity contribution is 9.10. The third kappa shape index (κ3) is 3.00. The molecule has 1 unspecified atom stereocenters. The molecule has 108 valence electrons. The number of nitrogen functional groups attached to an aromatic ring is 1. The first-order chi connectivity index (χ1) is 9.31. The quantitative estimate of drug-likeness (QED) is 0.723. The Kier molecular flexibility index (Phi) is 4.11. The molecule has 0 aliphatic heterocycles. The molecule has 2 aromatic rings. The first-order valence-corrected chi connectivity index (χ1v) is 7.85. The van der Waals surface area contributed by atoms with Gasteiger partial charge in [0.05, 0.1) is 16.6 Å². The molecule has 0 spiro atoms. The number of aromatic amines is 1. The van der Waals surface area contributed by atoms with Gasteiger partial charge in [0, 0.05) is 16.9 Å². The van der Waals surface area contributed by atoms with Gasteiger partial charge in [0.25, 0.3) is 0 Å². The molecule has 1 atom stereocenters. The molecular formula is C11H12BrFN4O2S. The standard InChI is InChI=1S/C11H12BrFN4O2S/c1-6(11-15-2-3-16-11)17-20(18,19)10-5-9(14)8(13)4-7(10)12/h2-6,17H,14H2,1H3,(H,15,16). The van der Waals surface area contributed by atoms with Crippen molar-refractivity contribution in [1.82, 2.24) is 14.7 Å². The van der Waals surface area contributed by atoms with Crippen molar-refractivity contribution >= 4 is 31.6 Å². The fourth-order valence-corrected chi connectivity index (χ4v) is 3.87. The highest BCUT2D eigenvalue weighted by Gasteiger charge is 2.23. The smallest absolute Gasteiger partial charge is 0.242 e. The second-order valence-electron chi connectivity index (χ2n) is 4.12. The van der Waals surface area contributed by atoms with Crippen LogP contribution in [0.1, 0.15) is 18.8 Å². The van der Waals surface area contributed by atoms with E-state index in [1.807, 2.05) is 0 Å². The Labute approximate surface area is 123 Å². The number of hydrogen-bond donors (Lipinski definition) is 3. The van der Waals surface area contributed by atoms with Crippen molar-refractivity contribution < 1.29 is 12.8 Å². The molecule has 1 heterocycles. The second-order valence-corrected chi connectivity index (χ2v) is 6.66. The number of sulfonamides is 1. The van der Waals surface area contributed by atoms with E-state index >= 15 is 0 Å². The van der Waals surface area contributed by atoms with Crippen molar-refractivity contribution in [2.24, 2.45) is 0 Å². The van der Waals surface area contributed by atoms with E-state index in [-0.39, 0.29) is 15.1 Å². The molecule has 20 heavy (non-hydrogen) atoms. The van der Waals surface area contributed by atoms with Gasteiger partial charge in [-0.15, -0.1) is 0 Å². The van der Waals surface area contributed by atoms with Gasteiger partial charge in [-0.2, -0.15) is 0 Å². The van der Waals surface area contributed by atoms with E-state index in [4.69, 9.17) is 5.73 Å². The van der Waals surface area contributed by atoms with Crippen LogP contribution in [-0.4, -0.2) is 18.4 Å². The summed E-state index contributed by atoms with van der Waals surface area (Å²) >= 11 is 3.02. The zero-order chi connectivity index (χ0) is 14.9. The van der Waals surface area contributed by atoms with Crippen LogP contribution in [-0.2, 0) is 10.0 Å². The number of nitrogens with one attached hydrogen (secondary N) is 2. The minimum Gasteiger partial charge on any atom is -0.396 e. The first kappa shape index (κ1) is 14.9. The summed E-state index contributed by atoms with van der Waals surface area (Å²) in [5, 5.41) is 0. The number of anilines is 1. The van der Waals surface area contributed by atoms with E-state index in [1.54, 1.807) is 13.1 Å². The minimum atomic E-state index is -3.86. The Hall–Kier alpha value is -1.45. The lowest BCUT2D eigenvalue weighted by Gasteiger charge is -2.14. The Morgan fingerprint density at radius 2 is 2.20 bits per heavy atom. The van der Waals surface area contributed by atoms with Gasteiger partial charge in [-0.3, -0.25) is 0 Å². The Morgan fingerprint density at radius 3 is 2.80 bits per heavy atom. The monoisotopic (exact) mass is 362 g/mol. The maximum absolute atomic E-state index is 13.2. The molecule has 6 nitrogen and oxygen atoms in total. The number of aromatic nitrogens is 2. The number of halogens is 2. The molecule has 2 rings (SSSR count). The summed E-state index contributed by atoms with van der Waals surface area (Å²) in [6.45, 7) is 1.64. The number of nitrogens with two attached hydrogens (primary N) is 1. The van der Waals surface area contributed by atoms with Crippen molar-refractivity contribution in [2.45, 2.75) is 17.9 Å². The molecule has 0 radical (unpaired) electrons. The summed E-state index contributed by atoms with van der Waals surface area (Å²) < 4.78 is 40.3. The van der Waals surface area contributed by atoms with Gasteiger partial charge in [0.2, 0.25) is 10.0 Å². The van der Waals surface area contributed by atoms with Crippen LogP contribution in [0, 0.1) is 5.82 Å². The fourth-order valence-electron chi connectivity index (χ4n) is 1.62. The van der Waals surface area contributed by atoms with Crippen LogP contribution in [0.5, 0.6) is 0 Å². The van der Waals surface area contributed by atoms with Crippen molar-refractivity contribution in [3.8, 4) is 0 Å². The molecular weight excluding hydrogens is 351 g/mol. The van der Waals surface area contributed by atoms with Crippen LogP contribution in [0.2, 0.25) is 0 Å². The van der Waals surface area contributed by atoms with Gasteiger partial charge in [-0.05, 0) is 35.0 Å². The minimum absolute atomic E-state index is 0.100. The number of benzene rings is 1. The summed E-state index contributed by atoms with van der Waals surface area (Å²) in [6, 6.07) is 1.52. The van der Waals surface area contributed by atoms with Gasteiger partial charge >= 0.3 is 0 Å². The number of H-pyrrole nitrogens is 1. The SMILES string of the molecule is CC(NS(=O)(=O)c1cc(N)c(F)cc1Br)c1ncc[nH]1. The molecule has 0 saturated heterocycles. The molecule has 0 aliphatic carbocycles. The van der Waals surface area contributed by atoms with E-state index in [9.17, 15) is 12.8 Å². The maximum Gasteiger partial charge on any atom is 0.242 e. The van der Waals surface area contributed by atoms with Gasteiger partial charge < -0.3 is 10.7 Å². The predicted octanol–water partition coefficient (Wildman–Crippen LogP) is 1.93. The molecule has 0 amide bonds. The van der Waals surface area contributed by atoms with Gasteiger partial charge in [0.15, 0.2) is 0 Å². The number of rotatable bonds is 4. The van der Waals surface area contributed by atoms with Gasteiger partial charge in [-0.25, -0.2) is 22.5 Å². The van der Waals surface area contributed by atoms with E-state index in [1.165, 1.54) is 6.20 Å². The molecule has 0 bridgehead atoms. The molecule has 1 aromatic carbocycles. The highest BCUT2D eigenvalue weighted by atomic mass is 79.9. The maximum atomic E-state index is 13.2. The van der Waals surface area contributed by atoms with Crippen LogP contribution >= 0.6 is 15.9 Å².